The molecule has 0 atom stereocenters. The molecule has 32 heavy (non-hydrogen) atoms. The molecule has 0 bridgehead atoms. The molecule has 5 rings (SSSR count). The fourth-order valence-corrected chi connectivity index (χ4v) is 4.12. The molecule has 1 saturated heterocycles. The number of aryl methyl sites for hydroxylation is 2. The summed E-state index contributed by atoms with van der Waals surface area (Å²) in [6, 6.07) is 14.8. The molecule has 0 aliphatic carbocycles. The third-order valence-electron chi connectivity index (χ3n) is 6.15. The van der Waals surface area contributed by atoms with Crippen LogP contribution in [0, 0.1) is 13.8 Å². The quantitative estimate of drug-likeness (QED) is 0.424. The first-order valence-electron chi connectivity index (χ1n) is 11.0. The summed E-state index contributed by atoms with van der Waals surface area (Å²) < 4.78 is 0. The number of piperazine rings is 1. The molecule has 4 aromatic rings. The second-order valence-corrected chi connectivity index (χ2v) is 8.51. The standard InChI is InChI=1S/C25H29N7/c1-17-4-9-22(21-10-11-26-23(17)21)29-24-18(2)16-27-25(30-24)28-19-5-7-20(8-6-19)32-14-12-31(3)13-15-32/h4-11,16,26H,12-15H2,1-3H3,(H2,27,28,29,30). The van der Waals surface area contributed by atoms with Crippen LogP contribution in [-0.2, 0) is 0 Å². The molecule has 0 unspecified atom stereocenters. The summed E-state index contributed by atoms with van der Waals surface area (Å²) in [5.74, 6) is 1.37. The topological polar surface area (TPSA) is 72.1 Å². The first-order valence-corrected chi connectivity index (χ1v) is 11.0. The first-order chi connectivity index (χ1) is 15.6. The van der Waals surface area contributed by atoms with Gasteiger partial charge in [0.15, 0.2) is 0 Å². The first kappa shape index (κ1) is 20.3. The van der Waals surface area contributed by atoms with Gasteiger partial charge in [0.05, 0.1) is 5.52 Å². The maximum absolute atomic E-state index is 4.74. The number of aromatic amines is 1. The lowest BCUT2D eigenvalue weighted by Crippen LogP contribution is -2.44. The third kappa shape index (κ3) is 4.11. The van der Waals surface area contributed by atoms with E-state index in [4.69, 9.17) is 4.98 Å². The Kier molecular flexibility index (Phi) is 5.41. The lowest BCUT2D eigenvalue weighted by Gasteiger charge is -2.34. The minimum absolute atomic E-state index is 0.572. The van der Waals surface area contributed by atoms with Crippen molar-refractivity contribution in [2.45, 2.75) is 13.8 Å². The van der Waals surface area contributed by atoms with E-state index in [0.717, 1.165) is 59.8 Å². The van der Waals surface area contributed by atoms with Crippen molar-refractivity contribution in [2.75, 3.05) is 48.8 Å². The number of hydrogen-bond acceptors (Lipinski definition) is 6. The van der Waals surface area contributed by atoms with Gasteiger partial charge in [0.1, 0.15) is 5.82 Å². The smallest absolute Gasteiger partial charge is 0.229 e. The zero-order valence-electron chi connectivity index (χ0n) is 18.8. The number of fused-ring (bicyclic) bond motifs is 1. The Morgan fingerprint density at radius 2 is 1.66 bits per heavy atom. The van der Waals surface area contributed by atoms with Gasteiger partial charge in [-0.15, -0.1) is 0 Å². The second-order valence-electron chi connectivity index (χ2n) is 8.51. The molecule has 7 nitrogen and oxygen atoms in total. The number of nitrogens with one attached hydrogen (secondary N) is 3. The van der Waals surface area contributed by atoms with Gasteiger partial charge in [-0.25, -0.2) is 4.98 Å². The molecule has 2 aromatic carbocycles. The largest absolute Gasteiger partial charge is 0.369 e. The Hall–Kier alpha value is -3.58. The summed E-state index contributed by atoms with van der Waals surface area (Å²) in [5.41, 5.74) is 6.60. The van der Waals surface area contributed by atoms with Crippen molar-refractivity contribution in [3.8, 4) is 0 Å². The minimum atomic E-state index is 0.572. The van der Waals surface area contributed by atoms with Crippen molar-refractivity contribution in [1.82, 2.24) is 19.9 Å². The van der Waals surface area contributed by atoms with E-state index in [2.05, 4.69) is 86.8 Å². The molecule has 0 radical (unpaired) electrons. The van der Waals surface area contributed by atoms with E-state index in [0.29, 0.717) is 5.95 Å². The van der Waals surface area contributed by atoms with Gasteiger partial charge in [-0.05, 0) is 62.9 Å². The lowest BCUT2D eigenvalue weighted by atomic mass is 10.1. The van der Waals surface area contributed by atoms with Crippen LogP contribution in [0.5, 0.6) is 0 Å². The Morgan fingerprint density at radius 3 is 2.44 bits per heavy atom. The van der Waals surface area contributed by atoms with Gasteiger partial charge in [0.25, 0.3) is 0 Å². The minimum Gasteiger partial charge on any atom is -0.369 e. The summed E-state index contributed by atoms with van der Waals surface area (Å²) >= 11 is 0. The molecular weight excluding hydrogens is 398 g/mol. The average Bonchev–Trinajstić information content (AvgIpc) is 3.30. The molecule has 1 fully saturated rings. The molecular formula is C25H29N7. The molecule has 164 valence electrons. The van der Waals surface area contributed by atoms with Gasteiger partial charge >= 0.3 is 0 Å². The Labute approximate surface area is 188 Å². The van der Waals surface area contributed by atoms with E-state index in [1.54, 1.807) is 0 Å². The Bertz CT molecular complexity index is 1220. The number of benzene rings is 2. The van der Waals surface area contributed by atoms with E-state index in [1.165, 1.54) is 11.3 Å². The number of anilines is 5. The molecule has 3 N–H and O–H groups in total. The van der Waals surface area contributed by atoms with Crippen LogP contribution in [0.25, 0.3) is 10.9 Å². The third-order valence-corrected chi connectivity index (χ3v) is 6.15. The predicted octanol–water partition coefficient (Wildman–Crippen LogP) is 4.81. The van der Waals surface area contributed by atoms with E-state index in [1.807, 2.05) is 19.3 Å². The van der Waals surface area contributed by atoms with Crippen LogP contribution in [0.4, 0.5) is 28.8 Å². The molecule has 3 heterocycles. The Balaban J connectivity index is 1.32. The van der Waals surface area contributed by atoms with Crippen LogP contribution in [0.2, 0.25) is 0 Å². The number of aromatic nitrogens is 3. The van der Waals surface area contributed by atoms with Crippen LogP contribution in [-0.4, -0.2) is 53.1 Å². The maximum atomic E-state index is 4.74. The molecule has 0 amide bonds. The van der Waals surface area contributed by atoms with E-state index in [-0.39, 0.29) is 0 Å². The van der Waals surface area contributed by atoms with Crippen LogP contribution >= 0.6 is 0 Å². The highest BCUT2D eigenvalue weighted by atomic mass is 15.2. The molecule has 0 saturated carbocycles. The summed E-state index contributed by atoms with van der Waals surface area (Å²) in [5, 5.41) is 7.98. The van der Waals surface area contributed by atoms with Crippen LogP contribution in [0.1, 0.15) is 11.1 Å². The van der Waals surface area contributed by atoms with Crippen molar-refractivity contribution < 1.29 is 0 Å². The molecule has 1 aliphatic rings. The van der Waals surface area contributed by atoms with Gasteiger partial charge in [-0.3, -0.25) is 0 Å². The summed E-state index contributed by atoms with van der Waals surface area (Å²) in [6.45, 7) is 8.45. The highest BCUT2D eigenvalue weighted by Gasteiger charge is 2.14. The number of likely N-dealkylation sites (N-methyl/N-ethyl adjacent to an activating group) is 1. The maximum Gasteiger partial charge on any atom is 0.229 e. The van der Waals surface area contributed by atoms with Crippen LogP contribution in [0.15, 0.2) is 54.9 Å². The zero-order valence-corrected chi connectivity index (χ0v) is 18.8. The van der Waals surface area contributed by atoms with Crippen molar-refractivity contribution in [2.24, 2.45) is 0 Å². The fourth-order valence-electron chi connectivity index (χ4n) is 4.12. The van der Waals surface area contributed by atoms with Crippen LogP contribution in [0.3, 0.4) is 0 Å². The van der Waals surface area contributed by atoms with Crippen molar-refractivity contribution >= 4 is 39.7 Å². The zero-order chi connectivity index (χ0) is 22.1. The number of nitrogens with zero attached hydrogens (tertiary/aromatic N) is 4. The highest BCUT2D eigenvalue weighted by Crippen LogP contribution is 2.29. The normalized spacial score (nSPS) is 14.7. The molecule has 0 spiro atoms. The molecule has 2 aromatic heterocycles. The summed E-state index contributed by atoms with van der Waals surface area (Å²) in [4.78, 5) is 17.3. The van der Waals surface area contributed by atoms with E-state index < -0.39 is 0 Å². The van der Waals surface area contributed by atoms with E-state index in [9.17, 15) is 0 Å². The average molecular weight is 428 g/mol. The van der Waals surface area contributed by atoms with E-state index >= 15 is 0 Å². The molecule has 7 heteroatoms. The van der Waals surface area contributed by atoms with Crippen molar-refractivity contribution in [3.05, 3.63) is 66.0 Å². The number of H-pyrrole nitrogens is 1. The fraction of sp³-hybridized carbons (Fsp3) is 0.280. The van der Waals surface area contributed by atoms with Gasteiger partial charge in [0, 0.05) is 66.6 Å². The molecule has 1 aliphatic heterocycles. The second kappa shape index (κ2) is 8.51. The van der Waals surface area contributed by atoms with Crippen molar-refractivity contribution in [3.63, 3.8) is 0 Å². The number of hydrogen-bond donors (Lipinski definition) is 3. The van der Waals surface area contributed by atoms with Gasteiger partial charge in [-0.2, -0.15) is 4.98 Å². The van der Waals surface area contributed by atoms with Crippen LogP contribution < -0.4 is 15.5 Å². The van der Waals surface area contributed by atoms with Gasteiger partial charge in [0.2, 0.25) is 5.95 Å². The van der Waals surface area contributed by atoms with Crippen molar-refractivity contribution in [1.29, 1.82) is 0 Å². The predicted molar refractivity (Wildman–Crippen MR) is 133 cm³/mol. The highest BCUT2D eigenvalue weighted by molar-refractivity contribution is 5.95. The Morgan fingerprint density at radius 1 is 0.875 bits per heavy atom. The van der Waals surface area contributed by atoms with Gasteiger partial charge in [-0.1, -0.05) is 6.07 Å². The number of rotatable bonds is 5. The monoisotopic (exact) mass is 427 g/mol. The summed E-state index contributed by atoms with van der Waals surface area (Å²) in [6.07, 6.45) is 3.81. The SMILES string of the molecule is Cc1cnc(Nc2ccc(N3CCN(C)CC3)cc2)nc1Nc1ccc(C)c2[nH]ccc12. The lowest BCUT2D eigenvalue weighted by molar-refractivity contribution is 0.313. The van der Waals surface area contributed by atoms with Gasteiger partial charge < -0.3 is 25.4 Å². The summed E-state index contributed by atoms with van der Waals surface area (Å²) in [7, 11) is 2.18.